The lowest BCUT2D eigenvalue weighted by Crippen LogP contribution is -2.29. The molecule has 1 amide bonds. The van der Waals surface area contributed by atoms with Crippen molar-refractivity contribution in [3.8, 4) is 11.5 Å². The van der Waals surface area contributed by atoms with Crippen molar-refractivity contribution in [1.82, 2.24) is 15.5 Å². The maximum atomic E-state index is 11.4. The molecule has 0 aliphatic rings. The number of hydrogen-bond donors (Lipinski definition) is 1. The van der Waals surface area contributed by atoms with Crippen LogP contribution in [0.5, 0.6) is 0 Å². The van der Waals surface area contributed by atoms with Gasteiger partial charge in [0.05, 0.1) is 0 Å². The van der Waals surface area contributed by atoms with Crippen molar-refractivity contribution in [3.05, 3.63) is 36.2 Å². The fourth-order valence-electron chi connectivity index (χ4n) is 1.55. The maximum Gasteiger partial charge on any atom is 0.247 e. The number of benzene rings is 1. The largest absolute Gasteiger partial charge is 0.421 e. The molecule has 19 heavy (non-hydrogen) atoms. The predicted molar refractivity (Wildman–Crippen MR) is 71.3 cm³/mol. The number of amides is 1. The Balaban J connectivity index is 1.90. The molecule has 0 unspecified atom stereocenters. The van der Waals surface area contributed by atoms with Gasteiger partial charge in [0, 0.05) is 24.4 Å². The molecule has 0 atom stereocenters. The molecule has 2 aromatic rings. The lowest BCUT2D eigenvalue weighted by molar-refractivity contribution is -0.123. The Kier molecular flexibility index (Phi) is 4.28. The predicted octanol–water partition coefficient (Wildman–Crippen LogP) is 2.05. The van der Waals surface area contributed by atoms with Gasteiger partial charge in [0.1, 0.15) is 0 Å². The molecule has 2 rings (SSSR count). The van der Waals surface area contributed by atoms with E-state index < -0.39 is 0 Å². The van der Waals surface area contributed by atoms with Gasteiger partial charge in [-0.3, -0.25) is 4.79 Å². The fraction of sp³-hybridized carbons (Fsp3) is 0.357. The molecule has 0 bridgehead atoms. The highest BCUT2D eigenvalue weighted by Crippen LogP contribution is 2.16. The van der Waals surface area contributed by atoms with Crippen molar-refractivity contribution in [1.29, 1.82) is 0 Å². The van der Waals surface area contributed by atoms with Crippen molar-refractivity contribution in [2.45, 2.75) is 20.3 Å². The number of carbonyl (C=O) groups excluding carboxylic acids is 1. The molecule has 0 fully saturated rings. The van der Waals surface area contributed by atoms with Crippen LogP contribution in [0.3, 0.4) is 0 Å². The molecule has 0 saturated carbocycles. The van der Waals surface area contributed by atoms with Gasteiger partial charge in [0.25, 0.3) is 0 Å². The number of nitrogens with one attached hydrogen (secondary N) is 1. The average Bonchev–Trinajstić information content (AvgIpc) is 2.88. The monoisotopic (exact) mass is 259 g/mol. The smallest absolute Gasteiger partial charge is 0.247 e. The summed E-state index contributed by atoms with van der Waals surface area (Å²) in [6.07, 6.45) is 0.540. The molecule has 1 heterocycles. The summed E-state index contributed by atoms with van der Waals surface area (Å²) in [5.74, 6) is 1.05. The van der Waals surface area contributed by atoms with E-state index in [0.717, 1.165) is 5.56 Å². The van der Waals surface area contributed by atoms with Crippen LogP contribution >= 0.6 is 0 Å². The highest BCUT2D eigenvalue weighted by molar-refractivity contribution is 5.77. The Morgan fingerprint density at radius 1 is 1.26 bits per heavy atom. The fourth-order valence-corrected chi connectivity index (χ4v) is 1.55. The first-order valence-corrected chi connectivity index (χ1v) is 6.32. The zero-order valence-electron chi connectivity index (χ0n) is 11.1. The second kappa shape index (κ2) is 6.13. The van der Waals surface area contributed by atoms with Gasteiger partial charge in [0.15, 0.2) is 0 Å². The number of nitrogens with zero attached hydrogens (tertiary/aromatic N) is 2. The summed E-state index contributed by atoms with van der Waals surface area (Å²) in [7, 11) is 0. The van der Waals surface area contributed by atoms with Crippen LogP contribution < -0.4 is 5.32 Å². The molecule has 5 nitrogen and oxygen atoms in total. The second-order valence-electron chi connectivity index (χ2n) is 4.56. The summed E-state index contributed by atoms with van der Waals surface area (Å²) >= 11 is 0. The van der Waals surface area contributed by atoms with Gasteiger partial charge in [0.2, 0.25) is 17.7 Å². The Morgan fingerprint density at radius 3 is 2.68 bits per heavy atom. The van der Waals surface area contributed by atoms with Crippen LogP contribution in [0.1, 0.15) is 19.7 Å². The summed E-state index contributed by atoms with van der Waals surface area (Å²) < 4.78 is 5.54. The van der Waals surface area contributed by atoms with Crippen molar-refractivity contribution < 1.29 is 9.21 Å². The van der Waals surface area contributed by atoms with Crippen LogP contribution in [-0.4, -0.2) is 22.6 Å². The van der Waals surface area contributed by atoms with Crippen molar-refractivity contribution in [3.63, 3.8) is 0 Å². The summed E-state index contributed by atoms with van der Waals surface area (Å²) in [5.41, 5.74) is 0.896. The topological polar surface area (TPSA) is 68.0 Å². The highest BCUT2D eigenvalue weighted by Gasteiger charge is 2.09. The minimum absolute atomic E-state index is 0.0115. The molecule has 0 saturated heterocycles. The lowest BCUT2D eigenvalue weighted by Gasteiger charge is -2.05. The normalized spacial score (nSPS) is 10.7. The summed E-state index contributed by atoms with van der Waals surface area (Å²) in [4.78, 5) is 11.4. The van der Waals surface area contributed by atoms with Crippen LogP contribution in [-0.2, 0) is 11.2 Å². The van der Waals surface area contributed by atoms with E-state index in [1.54, 1.807) is 0 Å². The Hall–Kier alpha value is -2.17. The van der Waals surface area contributed by atoms with Crippen LogP contribution in [0.2, 0.25) is 0 Å². The van der Waals surface area contributed by atoms with Crippen LogP contribution in [0.4, 0.5) is 0 Å². The van der Waals surface area contributed by atoms with Crippen LogP contribution in [0.15, 0.2) is 34.7 Å². The third kappa shape index (κ3) is 3.64. The van der Waals surface area contributed by atoms with Crippen molar-refractivity contribution >= 4 is 5.91 Å². The second-order valence-corrected chi connectivity index (χ2v) is 4.56. The van der Waals surface area contributed by atoms with E-state index in [1.165, 1.54) is 0 Å². The van der Waals surface area contributed by atoms with Gasteiger partial charge >= 0.3 is 0 Å². The molecule has 5 heteroatoms. The molecule has 100 valence electrons. The van der Waals surface area contributed by atoms with Gasteiger partial charge in [-0.05, 0) is 12.1 Å². The first-order chi connectivity index (χ1) is 9.16. The average molecular weight is 259 g/mol. The number of aromatic nitrogens is 2. The van der Waals surface area contributed by atoms with Gasteiger partial charge in [-0.15, -0.1) is 10.2 Å². The third-order valence-electron chi connectivity index (χ3n) is 2.65. The van der Waals surface area contributed by atoms with E-state index in [2.05, 4.69) is 15.5 Å². The molecule has 1 aromatic heterocycles. The van der Waals surface area contributed by atoms with Gasteiger partial charge in [-0.2, -0.15) is 0 Å². The maximum absolute atomic E-state index is 11.4. The van der Waals surface area contributed by atoms with Crippen LogP contribution in [0, 0.1) is 5.92 Å². The minimum atomic E-state index is -0.0115. The molecule has 1 aromatic carbocycles. The molecule has 0 spiro atoms. The van der Waals surface area contributed by atoms with Crippen LogP contribution in [0.25, 0.3) is 11.5 Å². The summed E-state index contributed by atoms with van der Waals surface area (Å²) in [6, 6.07) is 9.60. The first kappa shape index (κ1) is 13.3. The molecule has 0 aliphatic heterocycles. The Morgan fingerprint density at radius 2 is 2.00 bits per heavy atom. The Labute approximate surface area is 112 Å². The zero-order chi connectivity index (χ0) is 13.7. The molecule has 0 radical (unpaired) electrons. The molecule has 1 N–H and O–H groups in total. The van der Waals surface area contributed by atoms with E-state index in [0.29, 0.717) is 24.7 Å². The van der Waals surface area contributed by atoms with Crippen molar-refractivity contribution in [2.75, 3.05) is 6.54 Å². The lowest BCUT2D eigenvalue weighted by atomic mass is 10.2. The minimum Gasteiger partial charge on any atom is -0.421 e. The van der Waals surface area contributed by atoms with Crippen molar-refractivity contribution in [2.24, 2.45) is 5.92 Å². The first-order valence-electron chi connectivity index (χ1n) is 6.32. The number of carbonyl (C=O) groups is 1. The van der Waals surface area contributed by atoms with Gasteiger partial charge < -0.3 is 9.73 Å². The summed E-state index contributed by atoms with van der Waals surface area (Å²) in [5, 5.41) is 10.8. The molecular weight excluding hydrogens is 242 g/mol. The number of rotatable bonds is 5. The van der Waals surface area contributed by atoms with E-state index in [1.807, 2.05) is 44.2 Å². The molecular formula is C14H17N3O2. The third-order valence-corrected chi connectivity index (χ3v) is 2.65. The zero-order valence-corrected chi connectivity index (χ0v) is 11.1. The van der Waals surface area contributed by atoms with Gasteiger partial charge in [-0.1, -0.05) is 32.0 Å². The highest BCUT2D eigenvalue weighted by atomic mass is 16.4. The Bertz CT molecular complexity index is 535. The number of hydrogen-bond acceptors (Lipinski definition) is 4. The standard InChI is InChI=1S/C14H17N3O2/c1-10(2)13(18)15-9-8-12-16-17-14(19-12)11-6-4-3-5-7-11/h3-7,10H,8-9H2,1-2H3,(H,15,18). The van der Waals surface area contributed by atoms with E-state index in [9.17, 15) is 4.79 Å². The quantitative estimate of drug-likeness (QED) is 0.892. The summed E-state index contributed by atoms with van der Waals surface area (Å²) in [6.45, 7) is 4.22. The van der Waals surface area contributed by atoms with E-state index in [-0.39, 0.29) is 11.8 Å². The van der Waals surface area contributed by atoms with Gasteiger partial charge in [-0.25, -0.2) is 0 Å². The SMILES string of the molecule is CC(C)C(=O)NCCc1nnc(-c2ccccc2)o1. The molecule has 0 aliphatic carbocycles. The van der Waals surface area contributed by atoms with E-state index >= 15 is 0 Å². The van der Waals surface area contributed by atoms with E-state index in [4.69, 9.17) is 4.42 Å².